The molecule has 0 spiro atoms. The van der Waals surface area contributed by atoms with E-state index in [2.05, 4.69) is 58.4 Å². The van der Waals surface area contributed by atoms with E-state index in [0.29, 0.717) is 6.04 Å². The molecule has 0 saturated carbocycles. The lowest BCUT2D eigenvalue weighted by Crippen LogP contribution is -2.46. The van der Waals surface area contributed by atoms with Crippen LogP contribution in [-0.4, -0.2) is 42.7 Å². The third kappa shape index (κ3) is 3.76. The molecule has 2 saturated heterocycles. The van der Waals surface area contributed by atoms with Crippen LogP contribution in [-0.2, 0) is 0 Å². The molecule has 0 aliphatic carbocycles. The minimum atomic E-state index is 0.351. The summed E-state index contributed by atoms with van der Waals surface area (Å²) in [5, 5.41) is 3.63. The van der Waals surface area contributed by atoms with Crippen LogP contribution in [0.15, 0.2) is 36.4 Å². The summed E-state index contributed by atoms with van der Waals surface area (Å²) >= 11 is 0. The summed E-state index contributed by atoms with van der Waals surface area (Å²) in [7, 11) is 0. The minimum Gasteiger partial charge on any atom is -0.353 e. The molecule has 2 aliphatic rings. The van der Waals surface area contributed by atoms with E-state index in [9.17, 15) is 0 Å². The summed E-state index contributed by atoms with van der Waals surface area (Å²) in [5.74, 6) is 1.97. The number of anilines is 2. The van der Waals surface area contributed by atoms with Crippen LogP contribution in [0.25, 0.3) is 0 Å². The largest absolute Gasteiger partial charge is 0.353 e. The topological polar surface area (TPSA) is 44.3 Å². The van der Waals surface area contributed by atoms with E-state index in [-0.39, 0.29) is 0 Å². The second kappa shape index (κ2) is 7.40. The van der Waals surface area contributed by atoms with Crippen molar-refractivity contribution in [2.24, 2.45) is 0 Å². The molecule has 1 aromatic carbocycles. The molecule has 132 valence electrons. The summed E-state index contributed by atoms with van der Waals surface area (Å²) in [6.07, 6.45) is 3.82. The number of nitrogens with one attached hydrogen (secondary N) is 1. The highest BCUT2D eigenvalue weighted by molar-refractivity contribution is 5.47. The lowest BCUT2D eigenvalue weighted by Gasteiger charge is -2.35. The van der Waals surface area contributed by atoms with Crippen molar-refractivity contribution in [3.05, 3.63) is 47.7 Å². The van der Waals surface area contributed by atoms with E-state index in [1.165, 1.54) is 24.8 Å². The Morgan fingerprint density at radius 1 is 0.960 bits per heavy atom. The Labute approximate surface area is 150 Å². The Morgan fingerprint density at radius 2 is 1.76 bits per heavy atom. The van der Waals surface area contributed by atoms with Gasteiger partial charge in [-0.05, 0) is 31.7 Å². The maximum absolute atomic E-state index is 4.92. The van der Waals surface area contributed by atoms with Crippen LogP contribution in [0.1, 0.15) is 36.6 Å². The van der Waals surface area contributed by atoms with Gasteiger partial charge in [0.1, 0.15) is 5.82 Å². The average Bonchev–Trinajstić information content (AvgIpc) is 2.69. The Morgan fingerprint density at radius 3 is 2.56 bits per heavy atom. The fourth-order valence-corrected chi connectivity index (χ4v) is 3.80. The lowest BCUT2D eigenvalue weighted by atomic mass is 10.0. The zero-order valence-electron chi connectivity index (χ0n) is 15.0. The first-order chi connectivity index (χ1) is 12.3. The third-order valence-corrected chi connectivity index (χ3v) is 5.17. The van der Waals surface area contributed by atoms with Gasteiger partial charge < -0.3 is 15.1 Å². The molecule has 0 bridgehead atoms. The van der Waals surface area contributed by atoms with Crippen LogP contribution < -0.4 is 15.1 Å². The van der Waals surface area contributed by atoms with Crippen LogP contribution in [0.5, 0.6) is 0 Å². The summed E-state index contributed by atoms with van der Waals surface area (Å²) in [5.41, 5.74) is 2.40. The third-order valence-electron chi connectivity index (χ3n) is 5.17. The normalized spacial score (nSPS) is 21.4. The molecule has 1 aromatic heterocycles. The molecule has 1 unspecified atom stereocenters. The molecule has 2 aliphatic heterocycles. The zero-order valence-corrected chi connectivity index (χ0v) is 15.0. The van der Waals surface area contributed by atoms with Crippen LogP contribution in [0, 0.1) is 6.92 Å². The van der Waals surface area contributed by atoms with E-state index in [0.717, 1.165) is 50.2 Å². The van der Waals surface area contributed by atoms with Crippen molar-refractivity contribution >= 4 is 11.8 Å². The van der Waals surface area contributed by atoms with Crippen molar-refractivity contribution < 1.29 is 0 Å². The van der Waals surface area contributed by atoms with Gasteiger partial charge in [-0.3, -0.25) is 0 Å². The first-order valence-corrected chi connectivity index (χ1v) is 9.43. The number of piperazine rings is 1. The number of hydrogen-bond donors (Lipinski definition) is 1. The quantitative estimate of drug-likeness (QED) is 0.933. The van der Waals surface area contributed by atoms with Crippen molar-refractivity contribution in [3.8, 4) is 0 Å². The molecule has 5 heteroatoms. The lowest BCUT2D eigenvalue weighted by molar-refractivity contribution is 0.469. The number of piperidine rings is 1. The number of rotatable bonds is 3. The van der Waals surface area contributed by atoms with Crippen LogP contribution in [0.2, 0.25) is 0 Å². The molecule has 3 heterocycles. The van der Waals surface area contributed by atoms with Gasteiger partial charge in [0.05, 0.1) is 0 Å². The van der Waals surface area contributed by atoms with E-state index in [4.69, 9.17) is 9.97 Å². The van der Waals surface area contributed by atoms with Gasteiger partial charge in [0, 0.05) is 50.5 Å². The van der Waals surface area contributed by atoms with Gasteiger partial charge in [0.2, 0.25) is 5.95 Å². The zero-order chi connectivity index (χ0) is 17.1. The maximum Gasteiger partial charge on any atom is 0.227 e. The molecule has 0 radical (unpaired) electrons. The first-order valence-electron chi connectivity index (χ1n) is 9.43. The molecule has 2 aromatic rings. The van der Waals surface area contributed by atoms with E-state index in [1.807, 2.05) is 0 Å². The average molecular weight is 337 g/mol. The van der Waals surface area contributed by atoms with Crippen molar-refractivity contribution in [2.45, 2.75) is 32.2 Å². The van der Waals surface area contributed by atoms with Gasteiger partial charge in [0.15, 0.2) is 0 Å². The standard InChI is InChI=1S/C20H27N5/c1-16-14-19(23-20(22-16)24-11-6-3-7-12-24)25-13-10-21-18(15-25)17-8-4-2-5-9-17/h2,4-5,8-9,14,18,21H,3,6-7,10-13,15H2,1H3. The Hall–Kier alpha value is -2.14. The molecular weight excluding hydrogens is 310 g/mol. The smallest absolute Gasteiger partial charge is 0.227 e. The van der Waals surface area contributed by atoms with Crippen LogP contribution >= 0.6 is 0 Å². The SMILES string of the molecule is Cc1cc(N2CCNC(c3ccccc3)C2)nc(N2CCCCC2)n1. The number of aryl methyl sites for hydroxylation is 1. The molecule has 25 heavy (non-hydrogen) atoms. The Kier molecular flexibility index (Phi) is 4.83. The fraction of sp³-hybridized carbons (Fsp3) is 0.500. The van der Waals surface area contributed by atoms with E-state index in [1.54, 1.807) is 0 Å². The van der Waals surface area contributed by atoms with Crippen molar-refractivity contribution in [2.75, 3.05) is 42.5 Å². The Bertz CT molecular complexity index is 696. The summed E-state index contributed by atoms with van der Waals surface area (Å²) < 4.78 is 0. The van der Waals surface area contributed by atoms with Gasteiger partial charge in [-0.1, -0.05) is 30.3 Å². The molecule has 1 atom stereocenters. The summed E-state index contributed by atoms with van der Waals surface area (Å²) in [4.78, 5) is 14.4. The van der Waals surface area contributed by atoms with Crippen molar-refractivity contribution in [3.63, 3.8) is 0 Å². The fourth-order valence-electron chi connectivity index (χ4n) is 3.80. The number of hydrogen-bond acceptors (Lipinski definition) is 5. The number of aromatic nitrogens is 2. The van der Waals surface area contributed by atoms with Gasteiger partial charge in [-0.2, -0.15) is 4.98 Å². The van der Waals surface area contributed by atoms with Gasteiger partial charge >= 0.3 is 0 Å². The highest BCUT2D eigenvalue weighted by Crippen LogP contribution is 2.24. The van der Waals surface area contributed by atoms with E-state index < -0.39 is 0 Å². The van der Waals surface area contributed by atoms with E-state index >= 15 is 0 Å². The molecule has 0 amide bonds. The first kappa shape index (κ1) is 16.3. The molecular formula is C20H27N5. The van der Waals surface area contributed by atoms with Crippen molar-refractivity contribution in [1.29, 1.82) is 0 Å². The molecule has 4 rings (SSSR count). The highest BCUT2D eigenvalue weighted by Gasteiger charge is 2.23. The van der Waals surface area contributed by atoms with Gasteiger partial charge in [-0.25, -0.2) is 4.98 Å². The van der Waals surface area contributed by atoms with Gasteiger partial charge in [0.25, 0.3) is 0 Å². The second-order valence-corrected chi connectivity index (χ2v) is 7.08. The number of nitrogens with zero attached hydrogens (tertiary/aromatic N) is 4. The summed E-state index contributed by atoms with van der Waals surface area (Å²) in [6.45, 7) is 7.14. The monoisotopic (exact) mass is 337 g/mol. The number of benzene rings is 1. The Balaban J connectivity index is 1.55. The molecule has 2 fully saturated rings. The van der Waals surface area contributed by atoms with Crippen LogP contribution in [0.3, 0.4) is 0 Å². The maximum atomic E-state index is 4.92. The predicted molar refractivity (Wildman–Crippen MR) is 102 cm³/mol. The molecule has 1 N–H and O–H groups in total. The predicted octanol–water partition coefficient (Wildman–Crippen LogP) is 2.93. The summed E-state index contributed by atoms with van der Waals surface area (Å²) in [6, 6.07) is 13.2. The second-order valence-electron chi connectivity index (χ2n) is 7.08. The minimum absolute atomic E-state index is 0.351. The highest BCUT2D eigenvalue weighted by atomic mass is 15.3. The van der Waals surface area contributed by atoms with Crippen LogP contribution in [0.4, 0.5) is 11.8 Å². The van der Waals surface area contributed by atoms with Crippen molar-refractivity contribution in [1.82, 2.24) is 15.3 Å². The molecule has 5 nitrogen and oxygen atoms in total. The van der Waals surface area contributed by atoms with Gasteiger partial charge in [-0.15, -0.1) is 0 Å².